The van der Waals surface area contributed by atoms with Crippen molar-refractivity contribution in [3.8, 4) is 0 Å². The number of thioether (sulfide) groups is 1. The molecule has 2 aliphatic rings. The van der Waals surface area contributed by atoms with Crippen LogP contribution < -0.4 is 19.5 Å². The molecule has 9 heteroatoms. The Labute approximate surface area is 154 Å². The van der Waals surface area contributed by atoms with Crippen molar-refractivity contribution >= 4 is 52.5 Å². The van der Waals surface area contributed by atoms with Crippen molar-refractivity contribution in [2.45, 2.75) is 55.9 Å². The second-order valence-electron chi connectivity index (χ2n) is 5.84. The molecule has 0 spiro atoms. The van der Waals surface area contributed by atoms with Gasteiger partial charge in [-0.3, -0.25) is 13.1 Å². The molecule has 2 fully saturated rings. The molecule has 0 aliphatic carbocycles. The van der Waals surface area contributed by atoms with Crippen LogP contribution in [0.5, 0.6) is 0 Å². The Balaban J connectivity index is 1.49. The maximum atomic E-state index is 11.7. The van der Waals surface area contributed by atoms with Crippen LogP contribution in [0.2, 0.25) is 0 Å². The average Bonchev–Trinajstić information content (AvgIpc) is 3.07. The van der Waals surface area contributed by atoms with Crippen LogP contribution in [-0.2, 0) is 9.59 Å². The van der Waals surface area contributed by atoms with E-state index in [0.717, 1.165) is 25.0 Å². The van der Waals surface area contributed by atoms with E-state index in [1.165, 1.54) is 0 Å². The third-order valence-electron chi connectivity index (χ3n) is 4.09. The molecule has 23 heavy (non-hydrogen) atoms. The summed E-state index contributed by atoms with van der Waals surface area (Å²) in [5, 5.41) is 9.20. The number of unbranched alkanes of at least 4 members (excludes halogenated alkanes) is 1. The molecule has 2 heterocycles. The summed E-state index contributed by atoms with van der Waals surface area (Å²) >= 11 is 3.71. The van der Waals surface area contributed by atoms with E-state index in [9.17, 15) is 14.4 Å². The van der Waals surface area contributed by atoms with Crippen molar-refractivity contribution in [1.29, 1.82) is 0 Å². The zero-order chi connectivity index (χ0) is 16.7. The van der Waals surface area contributed by atoms with Gasteiger partial charge in [0.05, 0.1) is 34.9 Å². The van der Waals surface area contributed by atoms with E-state index in [1.807, 2.05) is 34.6 Å². The highest BCUT2D eigenvalue weighted by molar-refractivity contribution is 14.1. The number of fused-ring (bicyclic) bond motifs is 1. The molecule has 130 valence electrons. The fourth-order valence-corrected chi connectivity index (χ4v) is 4.70. The summed E-state index contributed by atoms with van der Waals surface area (Å²) < 4.78 is 2.53. The summed E-state index contributed by atoms with van der Waals surface area (Å²) in [6.45, 7) is 0.544. The molecule has 3 atom stereocenters. The van der Waals surface area contributed by atoms with Gasteiger partial charge in [0, 0.05) is 30.4 Å². The molecule has 0 aromatic heterocycles. The number of hydrogen-bond acceptors (Lipinski definition) is 4. The smallest absolute Gasteiger partial charge is 0.315 e. The van der Waals surface area contributed by atoms with Crippen LogP contribution in [0.15, 0.2) is 0 Å². The van der Waals surface area contributed by atoms with Crippen LogP contribution in [0.25, 0.3) is 0 Å². The summed E-state index contributed by atoms with van der Waals surface area (Å²) in [5.41, 5.74) is 0. The zero-order valence-corrected chi connectivity index (χ0v) is 15.9. The van der Waals surface area contributed by atoms with Crippen molar-refractivity contribution in [2.75, 3.05) is 12.3 Å². The van der Waals surface area contributed by atoms with Crippen LogP contribution in [0.3, 0.4) is 0 Å². The lowest BCUT2D eigenvalue weighted by Gasteiger charge is -2.16. The minimum absolute atomic E-state index is 0.0132. The van der Waals surface area contributed by atoms with Crippen molar-refractivity contribution in [3.63, 3.8) is 0 Å². The molecule has 7 nitrogen and oxygen atoms in total. The van der Waals surface area contributed by atoms with Gasteiger partial charge in [0.25, 0.3) is 0 Å². The lowest BCUT2D eigenvalue weighted by Crippen LogP contribution is -2.36. The largest absolute Gasteiger partial charge is 0.356 e. The second-order valence-corrected chi connectivity index (χ2v) is 7.65. The minimum atomic E-state index is -0.0547. The molecule has 3 unspecified atom stereocenters. The molecule has 0 bridgehead atoms. The van der Waals surface area contributed by atoms with Crippen molar-refractivity contribution in [2.24, 2.45) is 0 Å². The van der Waals surface area contributed by atoms with Gasteiger partial charge in [0.15, 0.2) is 0 Å². The first-order valence-corrected chi connectivity index (χ1v) is 10.1. The van der Waals surface area contributed by atoms with Crippen LogP contribution >= 0.6 is 34.6 Å². The Hall–Kier alpha value is -0.710. The van der Waals surface area contributed by atoms with Crippen molar-refractivity contribution in [3.05, 3.63) is 0 Å². The van der Waals surface area contributed by atoms with Crippen LogP contribution in [-0.4, -0.2) is 47.5 Å². The lowest BCUT2D eigenvalue weighted by atomic mass is 10.0. The maximum Gasteiger partial charge on any atom is 0.315 e. The number of carbonyl (C=O) groups excluding carboxylic acids is 3. The number of carbonyl (C=O) groups is 3. The number of urea groups is 1. The molecular formula is C14H23IN4O3S. The maximum absolute atomic E-state index is 11.7. The van der Waals surface area contributed by atoms with Crippen molar-refractivity contribution in [1.82, 2.24) is 19.5 Å². The summed E-state index contributed by atoms with van der Waals surface area (Å²) in [4.78, 5) is 34.0. The standard InChI is InChI=1S/C14H23IN4O3S/c15-19-12(21)6-3-7-16-11(20)5-2-1-4-10-13-9(8-23-10)17-14(22)18-13/h9-10,13H,1-8H2,(H,16,20)(H,19,21)(H2,17,18,22). The highest BCUT2D eigenvalue weighted by atomic mass is 127. The number of amides is 4. The van der Waals surface area contributed by atoms with E-state index in [1.54, 1.807) is 0 Å². The zero-order valence-electron chi connectivity index (χ0n) is 12.9. The normalized spacial score (nSPS) is 25.4. The Bertz CT molecular complexity index is 452. The molecule has 2 saturated heterocycles. The molecule has 0 aromatic rings. The first kappa shape index (κ1) is 18.6. The SMILES string of the molecule is O=C(CCCNC(=O)CCCCC1SCC2NC(=O)NC21)NI. The highest BCUT2D eigenvalue weighted by Gasteiger charge is 2.42. The molecule has 0 saturated carbocycles. The van der Waals surface area contributed by atoms with Gasteiger partial charge in [-0.1, -0.05) is 6.42 Å². The van der Waals surface area contributed by atoms with Gasteiger partial charge in [0.2, 0.25) is 11.8 Å². The predicted molar refractivity (Wildman–Crippen MR) is 98.4 cm³/mol. The van der Waals surface area contributed by atoms with E-state index < -0.39 is 0 Å². The molecule has 2 aliphatic heterocycles. The third-order valence-corrected chi connectivity index (χ3v) is 6.20. The monoisotopic (exact) mass is 454 g/mol. The number of nitrogens with one attached hydrogen (secondary N) is 4. The Morgan fingerprint density at radius 1 is 1.17 bits per heavy atom. The molecular weight excluding hydrogens is 431 g/mol. The summed E-state index contributed by atoms with van der Waals surface area (Å²) in [5.74, 6) is 1.01. The summed E-state index contributed by atoms with van der Waals surface area (Å²) in [6, 6.07) is 0.451. The fraction of sp³-hybridized carbons (Fsp3) is 0.786. The fourth-order valence-electron chi connectivity index (χ4n) is 2.89. The van der Waals surface area contributed by atoms with Crippen molar-refractivity contribution < 1.29 is 14.4 Å². The lowest BCUT2D eigenvalue weighted by molar-refractivity contribution is -0.122. The van der Waals surface area contributed by atoms with Crippen LogP contribution in [0, 0.1) is 0 Å². The highest BCUT2D eigenvalue weighted by Crippen LogP contribution is 2.33. The molecule has 0 aromatic carbocycles. The van der Waals surface area contributed by atoms with Crippen LogP contribution in [0.1, 0.15) is 38.5 Å². The first-order chi connectivity index (χ1) is 11.1. The Kier molecular flexibility index (Phi) is 7.74. The Morgan fingerprint density at radius 2 is 1.96 bits per heavy atom. The van der Waals surface area contributed by atoms with Gasteiger partial charge in [-0.2, -0.15) is 11.8 Å². The quantitative estimate of drug-likeness (QED) is 0.181. The third kappa shape index (κ3) is 6.02. The topological polar surface area (TPSA) is 99.3 Å². The van der Waals surface area contributed by atoms with E-state index >= 15 is 0 Å². The van der Waals surface area contributed by atoms with Gasteiger partial charge >= 0.3 is 6.03 Å². The molecule has 2 rings (SSSR count). The van der Waals surface area contributed by atoms with E-state index in [-0.39, 0.29) is 29.9 Å². The summed E-state index contributed by atoms with van der Waals surface area (Å²) in [7, 11) is 0. The first-order valence-electron chi connectivity index (χ1n) is 7.95. The number of rotatable bonds is 9. The van der Waals surface area contributed by atoms with Gasteiger partial charge in [0.1, 0.15) is 0 Å². The predicted octanol–water partition coefficient (Wildman–Crippen LogP) is 1.07. The molecule has 4 amide bonds. The minimum Gasteiger partial charge on any atom is -0.356 e. The van der Waals surface area contributed by atoms with Gasteiger partial charge in [-0.25, -0.2) is 4.79 Å². The van der Waals surface area contributed by atoms with Gasteiger partial charge in [-0.05, 0) is 19.3 Å². The van der Waals surface area contributed by atoms with Crippen LogP contribution in [0.4, 0.5) is 4.79 Å². The van der Waals surface area contributed by atoms with Gasteiger partial charge in [-0.15, -0.1) is 0 Å². The summed E-state index contributed by atoms with van der Waals surface area (Å²) in [6.07, 6.45) is 4.49. The average molecular weight is 454 g/mol. The number of hydrogen-bond donors (Lipinski definition) is 4. The molecule has 4 N–H and O–H groups in total. The molecule has 0 radical (unpaired) electrons. The van der Waals surface area contributed by atoms with E-state index in [4.69, 9.17) is 0 Å². The Morgan fingerprint density at radius 3 is 2.74 bits per heavy atom. The van der Waals surface area contributed by atoms with Gasteiger partial charge < -0.3 is 16.0 Å². The second kappa shape index (κ2) is 9.55. The van der Waals surface area contributed by atoms with E-state index in [0.29, 0.717) is 31.1 Å². The number of halogens is 1. The van der Waals surface area contributed by atoms with E-state index in [2.05, 4.69) is 19.5 Å².